The molecule has 0 unspecified atom stereocenters. The summed E-state index contributed by atoms with van der Waals surface area (Å²) in [6, 6.07) is 3.83. The van der Waals surface area contributed by atoms with Crippen molar-refractivity contribution in [2.45, 2.75) is 26.2 Å². The van der Waals surface area contributed by atoms with Crippen LogP contribution in [0.3, 0.4) is 0 Å². The lowest BCUT2D eigenvalue weighted by molar-refractivity contribution is -0.904. The highest BCUT2D eigenvalue weighted by atomic mass is 16.5. The molecule has 0 atom stereocenters. The first-order valence-electron chi connectivity index (χ1n) is 3.71. The molecule has 0 radical (unpaired) electrons. The number of rotatable bonds is 0. The van der Waals surface area contributed by atoms with E-state index in [2.05, 4.69) is 20.8 Å². The third-order valence-corrected chi connectivity index (χ3v) is 1.68. The van der Waals surface area contributed by atoms with Gasteiger partial charge in [0, 0.05) is 16.9 Å². The summed E-state index contributed by atoms with van der Waals surface area (Å²) in [5, 5.41) is 8.94. The van der Waals surface area contributed by atoms with Crippen molar-refractivity contribution < 1.29 is 9.94 Å². The van der Waals surface area contributed by atoms with Crippen molar-refractivity contribution in [3.63, 3.8) is 0 Å². The number of nitrogens with zero attached hydrogens (tertiary/aromatic N) is 1. The third-order valence-electron chi connectivity index (χ3n) is 1.68. The van der Waals surface area contributed by atoms with Gasteiger partial charge >= 0.3 is 0 Å². The highest BCUT2D eigenvalue weighted by Gasteiger charge is 2.14. The predicted octanol–water partition coefficient (Wildman–Crippen LogP) is 1.51. The molecule has 0 aliphatic carbocycles. The van der Waals surface area contributed by atoms with Gasteiger partial charge in [-0.3, -0.25) is 5.21 Å². The summed E-state index contributed by atoms with van der Waals surface area (Å²) in [6.45, 7) is 6.43. The molecular formula is C9H14NO+. The molecule has 0 saturated carbocycles. The molecule has 1 heterocycles. The second kappa shape index (κ2) is 2.53. The topological polar surface area (TPSA) is 24.1 Å². The number of hydrogen-bond acceptors (Lipinski definition) is 1. The fourth-order valence-electron chi connectivity index (χ4n) is 0.919. The minimum absolute atomic E-state index is 0.161. The number of hydrogen-bond donors (Lipinski definition) is 1. The van der Waals surface area contributed by atoms with Crippen molar-refractivity contribution in [2.75, 3.05) is 0 Å². The van der Waals surface area contributed by atoms with Crippen molar-refractivity contribution in [2.24, 2.45) is 0 Å². The summed E-state index contributed by atoms with van der Waals surface area (Å²) < 4.78 is 1.05. The van der Waals surface area contributed by atoms with Gasteiger partial charge < -0.3 is 0 Å². The zero-order valence-electron chi connectivity index (χ0n) is 7.20. The van der Waals surface area contributed by atoms with Crippen LogP contribution in [0.5, 0.6) is 0 Å². The van der Waals surface area contributed by atoms with Crippen LogP contribution in [0.25, 0.3) is 0 Å². The van der Waals surface area contributed by atoms with E-state index in [1.54, 1.807) is 12.4 Å². The quantitative estimate of drug-likeness (QED) is 0.442. The summed E-state index contributed by atoms with van der Waals surface area (Å²) in [5.74, 6) is 0. The Kier molecular flexibility index (Phi) is 1.85. The number of aromatic nitrogens is 1. The first kappa shape index (κ1) is 8.05. The molecule has 1 aromatic heterocycles. The molecule has 0 amide bonds. The molecule has 1 rings (SSSR count). The van der Waals surface area contributed by atoms with Crippen LogP contribution in [0.2, 0.25) is 0 Å². The van der Waals surface area contributed by atoms with Gasteiger partial charge in [0.2, 0.25) is 12.4 Å². The van der Waals surface area contributed by atoms with E-state index in [4.69, 9.17) is 5.21 Å². The highest BCUT2D eigenvalue weighted by molar-refractivity contribution is 5.17. The van der Waals surface area contributed by atoms with Crippen molar-refractivity contribution in [1.29, 1.82) is 0 Å². The van der Waals surface area contributed by atoms with Gasteiger partial charge in [0.15, 0.2) is 0 Å². The lowest BCUT2D eigenvalue weighted by Crippen LogP contribution is -2.29. The lowest BCUT2D eigenvalue weighted by atomic mass is 9.88. The van der Waals surface area contributed by atoms with E-state index < -0.39 is 0 Å². The van der Waals surface area contributed by atoms with Crippen LogP contribution in [-0.2, 0) is 5.41 Å². The fraction of sp³-hybridized carbons (Fsp3) is 0.444. The fourth-order valence-corrected chi connectivity index (χ4v) is 0.919. The van der Waals surface area contributed by atoms with Gasteiger partial charge in [0.1, 0.15) is 0 Å². The Bertz CT molecular complexity index is 233. The summed E-state index contributed by atoms with van der Waals surface area (Å²) in [6.07, 6.45) is 3.28. The molecule has 0 aliphatic heterocycles. The Morgan fingerprint density at radius 2 is 1.64 bits per heavy atom. The van der Waals surface area contributed by atoms with E-state index in [1.165, 1.54) is 5.56 Å². The molecular weight excluding hydrogens is 138 g/mol. The molecule has 0 aliphatic rings. The summed E-state index contributed by atoms with van der Waals surface area (Å²) >= 11 is 0. The van der Waals surface area contributed by atoms with Gasteiger partial charge in [-0.25, -0.2) is 0 Å². The zero-order valence-corrected chi connectivity index (χ0v) is 7.20. The standard InChI is InChI=1S/C9H14NO/c1-9(2,3)8-4-6-10(11)7-5-8/h4-7,11H,1-3H3/q+1. The minimum Gasteiger partial charge on any atom is -0.285 e. The largest absolute Gasteiger partial charge is 0.285 e. The Labute approximate surface area is 67.1 Å². The van der Waals surface area contributed by atoms with E-state index in [9.17, 15) is 0 Å². The second-order valence-corrected chi connectivity index (χ2v) is 3.72. The van der Waals surface area contributed by atoms with Crippen LogP contribution in [0.15, 0.2) is 24.5 Å². The Hall–Kier alpha value is -1.05. The van der Waals surface area contributed by atoms with Crippen molar-refractivity contribution in [3.05, 3.63) is 30.1 Å². The van der Waals surface area contributed by atoms with Crippen molar-refractivity contribution >= 4 is 0 Å². The average Bonchev–Trinajstić information content (AvgIpc) is 1.86. The maximum Gasteiger partial charge on any atom is 0.222 e. The average molecular weight is 152 g/mol. The molecule has 1 N–H and O–H groups in total. The smallest absolute Gasteiger partial charge is 0.222 e. The van der Waals surface area contributed by atoms with E-state index in [0.717, 1.165) is 4.73 Å². The van der Waals surface area contributed by atoms with Gasteiger partial charge in [0.25, 0.3) is 0 Å². The van der Waals surface area contributed by atoms with Gasteiger partial charge in [0.05, 0.1) is 0 Å². The predicted molar refractivity (Wildman–Crippen MR) is 42.5 cm³/mol. The van der Waals surface area contributed by atoms with E-state index in [-0.39, 0.29) is 5.41 Å². The van der Waals surface area contributed by atoms with Gasteiger partial charge in [-0.2, -0.15) is 0 Å². The first-order valence-corrected chi connectivity index (χ1v) is 3.71. The maximum absolute atomic E-state index is 8.94. The molecule has 2 nitrogen and oxygen atoms in total. The maximum atomic E-state index is 8.94. The first-order chi connectivity index (χ1) is 5.00. The van der Waals surface area contributed by atoms with Crippen LogP contribution < -0.4 is 4.73 Å². The Morgan fingerprint density at radius 3 is 2.00 bits per heavy atom. The van der Waals surface area contributed by atoms with Crippen molar-refractivity contribution in [1.82, 2.24) is 0 Å². The van der Waals surface area contributed by atoms with Gasteiger partial charge in [-0.1, -0.05) is 20.8 Å². The minimum atomic E-state index is 0.161. The van der Waals surface area contributed by atoms with E-state index in [1.807, 2.05) is 12.1 Å². The second-order valence-electron chi connectivity index (χ2n) is 3.72. The monoisotopic (exact) mass is 152 g/mol. The third kappa shape index (κ3) is 1.93. The van der Waals surface area contributed by atoms with Gasteiger partial charge in [-0.15, -0.1) is 0 Å². The van der Waals surface area contributed by atoms with E-state index >= 15 is 0 Å². The summed E-state index contributed by atoms with van der Waals surface area (Å²) in [7, 11) is 0. The van der Waals surface area contributed by atoms with Crippen LogP contribution in [0.1, 0.15) is 26.3 Å². The molecule has 60 valence electrons. The molecule has 1 aromatic rings. The molecule has 2 heteroatoms. The Morgan fingerprint density at radius 1 is 1.18 bits per heavy atom. The highest BCUT2D eigenvalue weighted by Crippen LogP contribution is 2.19. The normalized spacial score (nSPS) is 11.5. The molecule has 0 bridgehead atoms. The van der Waals surface area contributed by atoms with Crippen LogP contribution in [0, 0.1) is 0 Å². The SMILES string of the molecule is CC(C)(C)c1cc[n+](O)cc1. The zero-order chi connectivity index (χ0) is 8.48. The Balaban J connectivity index is 2.99. The van der Waals surface area contributed by atoms with Crippen LogP contribution in [-0.4, -0.2) is 5.21 Å². The lowest BCUT2D eigenvalue weighted by Gasteiger charge is -2.16. The molecule has 11 heavy (non-hydrogen) atoms. The van der Waals surface area contributed by atoms with Crippen molar-refractivity contribution in [3.8, 4) is 0 Å². The molecule has 0 saturated heterocycles. The van der Waals surface area contributed by atoms with Crippen LogP contribution in [0.4, 0.5) is 0 Å². The van der Waals surface area contributed by atoms with Gasteiger partial charge in [-0.05, 0) is 11.0 Å². The molecule has 0 fully saturated rings. The number of pyridine rings is 1. The molecule has 0 spiro atoms. The van der Waals surface area contributed by atoms with E-state index in [0.29, 0.717) is 0 Å². The molecule has 0 aromatic carbocycles. The van der Waals surface area contributed by atoms with Crippen LogP contribution >= 0.6 is 0 Å². The summed E-state index contributed by atoms with van der Waals surface area (Å²) in [4.78, 5) is 0. The summed E-state index contributed by atoms with van der Waals surface area (Å²) in [5.41, 5.74) is 1.39.